The third kappa shape index (κ3) is 5.04. The number of nitrogens with one attached hydrogen (secondary N) is 3. The molecule has 1 aliphatic rings. The quantitative estimate of drug-likeness (QED) is 0.621. The summed E-state index contributed by atoms with van der Waals surface area (Å²) in [5, 5.41) is 7.36. The molecule has 0 aromatic heterocycles. The first-order chi connectivity index (χ1) is 13.0. The molecule has 7 nitrogen and oxygen atoms in total. The Hall–Kier alpha value is -2.00. The number of carbonyl (C=O) groups is 1. The van der Waals surface area contributed by atoms with Gasteiger partial charge >= 0.3 is 0 Å². The minimum atomic E-state index is -3.63. The minimum Gasteiger partial charge on any atom is -0.326 e. The SMILES string of the molecule is CC(=O)Nc1ccc(S(=O)(=O)NCCCN2CCNCC2)c2ccccc12. The molecule has 0 aliphatic carbocycles. The highest BCUT2D eigenvalue weighted by molar-refractivity contribution is 7.89. The highest BCUT2D eigenvalue weighted by Crippen LogP contribution is 2.29. The maximum absolute atomic E-state index is 12.8. The summed E-state index contributed by atoms with van der Waals surface area (Å²) < 4.78 is 28.3. The summed E-state index contributed by atoms with van der Waals surface area (Å²) in [6.07, 6.45) is 0.765. The maximum Gasteiger partial charge on any atom is 0.241 e. The number of hydrogen-bond donors (Lipinski definition) is 3. The lowest BCUT2D eigenvalue weighted by Crippen LogP contribution is -2.44. The van der Waals surface area contributed by atoms with Crippen molar-refractivity contribution >= 4 is 32.4 Å². The predicted octanol–water partition coefficient (Wildman–Crippen LogP) is 1.37. The maximum atomic E-state index is 12.8. The fourth-order valence-corrected chi connectivity index (χ4v) is 4.61. The first-order valence-electron chi connectivity index (χ1n) is 9.19. The van der Waals surface area contributed by atoms with Crippen LogP contribution in [0.5, 0.6) is 0 Å². The van der Waals surface area contributed by atoms with E-state index in [2.05, 4.69) is 20.3 Å². The largest absolute Gasteiger partial charge is 0.326 e. The van der Waals surface area contributed by atoms with Crippen molar-refractivity contribution in [2.75, 3.05) is 44.6 Å². The summed E-state index contributed by atoms with van der Waals surface area (Å²) in [6.45, 7) is 6.68. The van der Waals surface area contributed by atoms with Crippen LogP contribution < -0.4 is 15.4 Å². The molecule has 3 rings (SSSR count). The summed E-state index contributed by atoms with van der Waals surface area (Å²) in [6, 6.07) is 10.4. The predicted molar refractivity (Wildman–Crippen MR) is 107 cm³/mol. The Balaban J connectivity index is 1.72. The first kappa shape index (κ1) is 19.8. The second-order valence-corrected chi connectivity index (χ2v) is 8.42. The molecule has 0 atom stereocenters. The van der Waals surface area contributed by atoms with Crippen molar-refractivity contribution in [3.63, 3.8) is 0 Å². The number of fused-ring (bicyclic) bond motifs is 1. The van der Waals surface area contributed by atoms with Gasteiger partial charge in [0.15, 0.2) is 0 Å². The summed E-state index contributed by atoms with van der Waals surface area (Å²) >= 11 is 0. The fraction of sp³-hybridized carbons (Fsp3) is 0.421. The topological polar surface area (TPSA) is 90.5 Å². The molecule has 1 aliphatic heterocycles. The van der Waals surface area contributed by atoms with Gasteiger partial charge in [-0.15, -0.1) is 0 Å². The van der Waals surface area contributed by atoms with Gasteiger partial charge < -0.3 is 15.5 Å². The van der Waals surface area contributed by atoms with Crippen molar-refractivity contribution in [1.82, 2.24) is 14.9 Å². The van der Waals surface area contributed by atoms with Gasteiger partial charge in [-0.2, -0.15) is 0 Å². The Kier molecular flexibility index (Phi) is 6.43. The molecule has 2 aromatic rings. The van der Waals surface area contributed by atoms with Crippen LogP contribution in [-0.4, -0.2) is 58.5 Å². The molecule has 0 unspecified atom stereocenters. The van der Waals surface area contributed by atoms with E-state index < -0.39 is 10.0 Å². The number of anilines is 1. The Morgan fingerprint density at radius 1 is 1.11 bits per heavy atom. The molecule has 1 amide bonds. The van der Waals surface area contributed by atoms with Crippen LogP contribution in [0, 0.1) is 0 Å². The van der Waals surface area contributed by atoms with Crippen LogP contribution in [0.15, 0.2) is 41.3 Å². The number of rotatable bonds is 7. The van der Waals surface area contributed by atoms with Gasteiger partial charge in [0.1, 0.15) is 0 Å². The molecule has 3 N–H and O–H groups in total. The van der Waals surface area contributed by atoms with E-state index in [1.165, 1.54) is 6.92 Å². The molecule has 1 heterocycles. The second-order valence-electron chi connectivity index (χ2n) is 6.68. The molecular weight excluding hydrogens is 364 g/mol. The van der Waals surface area contributed by atoms with Crippen molar-refractivity contribution in [2.24, 2.45) is 0 Å². The number of hydrogen-bond acceptors (Lipinski definition) is 5. The van der Waals surface area contributed by atoms with Crippen LogP contribution in [0.1, 0.15) is 13.3 Å². The molecule has 146 valence electrons. The lowest BCUT2D eigenvalue weighted by atomic mass is 10.1. The van der Waals surface area contributed by atoms with Crippen molar-refractivity contribution in [3.05, 3.63) is 36.4 Å². The van der Waals surface area contributed by atoms with E-state index in [0.29, 0.717) is 23.0 Å². The Labute approximate surface area is 160 Å². The molecule has 0 radical (unpaired) electrons. The molecule has 0 bridgehead atoms. The van der Waals surface area contributed by atoms with Gasteiger partial charge in [-0.1, -0.05) is 24.3 Å². The third-order valence-corrected chi connectivity index (χ3v) is 6.16. The van der Waals surface area contributed by atoms with Crippen LogP contribution >= 0.6 is 0 Å². The number of nitrogens with zero attached hydrogens (tertiary/aromatic N) is 1. The highest BCUT2D eigenvalue weighted by Gasteiger charge is 2.19. The fourth-order valence-electron chi connectivity index (χ4n) is 3.33. The van der Waals surface area contributed by atoms with Gasteiger partial charge in [0, 0.05) is 56.1 Å². The number of amides is 1. The van der Waals surface area contributed by atoms with Gasteiger partial charge in [-0.05, 0) is 25.1 Å². The Morgan fingerprint density at radius 3 is 2.52 bits per heavy atom. The van der Waals surface area contributed by atoms with Gasteiger partial charge in [0.2, 0.25) is 15.9 Å². The normalized spacial score (nSPS) is 15.7. The molecule has 8 heteroatoms. The smallest absolute Gasteiger partial charge is 0.241 e. The van der Waals surface area contributed by atoms with Crippen LogP contribution in [0.3, 0.4) is 0 Å². The van der Waals surface area contributed by atoms with Crippen LogP contribution in [0.2, 0.25) is 0 Å². The monoisotopic (exact) mass is 390 g/mol. The van der Waals surface area contributed by atoms with E-state index in [1.807, 2.05) is 12.1 Å². The van der Waals surface area contributed by atoms with E-state index in [9.17, 15) is 13.2 Å². The zero-order chi connectivity index (χ0) is 19.3. The van der Waals surface area contributed by atoms with Crippen LogP contribution in [-0.2, 0) is 14.8 Å². The number of carbonyl (C=O) groups excluding carboxylic acids is 1. The van der Waals surface area contributed by atoms with Crippen molar-refractivity contribution in [1.29, 1.82) is 0 Å². The van der Waals surface area contributed by atoms with E-state index >= 15 is 0 Å². The molecule has 2 aromatic carbocycles. The summed E-state index contributed by atoms with van der Waals surface area (Å²) in [5.41, 5.74) is 0.607. The van der Waals surface area contributed by atoms with Crippen molar-refractivity contribution in [2.45, 2.75) is 18.2 Å². The summed E-state index contributed by atoms with van der Waals surface area (Å²) in [4.78, 5) is 14.0. The highest BCUT2D eigenvalue weighted by atomic mass is 32.2. The number of sulfonamides is 1. The average molecular weight is 391 g/mol. The Morgan fingerprint density at radius 2 is 1.81 bits per heavy atom. The van der Waals surface area contributed by atoms with Crippen LogP contribution in [0.4, 0.5) is 5.69 Å². The van der Waals surface area contributed by atoms with Gasteiger partial charge in [0.25, 0.3) is 0 Å². The van der Waals surface area contributed by atoms with Crippen molar-refractivity contribution < 1.29 is 13.2 Å². The second kappa shape index (κ2) is 8.79. The molecule has 27 heavy (non-hydrogen) atoms. The summed E-state index contributed by atoms with van der Waals surface area (Å²) in [5.74, 6) is -0.193. The first-order valence-corrected chi connectivity index (χ1v) is 10.7. The molecular formula is C19H26N4O3S. The van der Waals surface area contributed by atoms with E-state index in [4.69, 9.17) is 0 Å². The van der Waals surface area contributed by atoms with E-state index in [1.54, 1.807) is 24.3 Å². The van der Waals surface area contributed by atoms with Gasteiger partial charge in [-0.3, -0.25) is 4.79 Å². The van der Waals surface area contributed by atoms with Crippen LogP contribution in [0.25, 0.3) is 10.8 Å². The van der Waals surface area contributed by atoms with Gasteiger partial charge in [-0.25, -0.2) is 13.1 Å². The van der Waals surface area contributed by atoms with E-state index in [0.717, 1.165) is 39.1 Å². The molecule has 1 saturated heterocycles. The third-order valence-electron chi connectivity index (χ3n) is 4.64. The molecule has 0 spiro atoms. The molecule has 0 saturated carbocycles. The Bertz CT molecular complexity index is 908. The van der Waals surface area contributed by atoms with E-state index in [-0.39, 0.29) is 10.8 Å². The molecule has 1 fully saturated rings. The lowest BCUT2D eigenvalue weighted by molar-refractivity contribution is -0.114. The summed E-state index contributed by atoms with van der Waals surface area (Å²) in [7, 11) is -3.63. The van der Waals surface area contributed by atoms with Crippen molar-refractivity contribution in [3.8, 4) is 0 Å². The standard InChI is InChI=1S/C19H26N4O3S/c1-15(24)22-18-7-8-19(17-6-3-2-5-16(17)18)27(25,26)21-9-4-12-23-13-10-20-11-14-23/h2-3,5-8,20-21H,4,9-14H2,1H3,(H,22,24). The number of piperazine rings is 1. The average Bonchev–Trinajstić information content (AvgIpc) is 2.66. The lowest BCUT2D eigenvalue weighted by Gasteiger charge is -2.27. The number of benzene rings is 2. The van der Waals surface area contributed by atoms with Gasteiger partial charge in [0.05, 0.1) is 4.90 Å². The zero-order valence-corrected chi connectivity index (χ0v) is 16.3. The zero-order valence-electron chi connectivity index (χ0n) is 15.5. The minimum absolute atomic E-state index is 0.193.